The Hall–Kier alpha value is -1.70. The lowest BCUT2D eigenvalue weighted by Gasteiger charge is -2.22. The molecular formula is C13H22N4O3. The lowest BCUT2D eigenvalue weighted by molar-refractivity contribution is 0.0674. The van der Waals surface area contributed by atoms with E-state index in [4.69, 9.17) is 15.3 Å². The Morgan fingerprint density at radius 1 is 1.30 bits per heavy atom. The van der Waals surface area contributed by atoms with Crippen LogP contribution in [0.25, 0.3) is 0 Å². The van der Waals surface area contributed by atoms with Crippen LogP contribution in [-0.4, -0.2) is 56.3 Å². The van der Waals surface area contributed by atoms with Crippen LogP contribution in [0, 0.1) is 0 Å². The monoisotopic (exact) mass is 282 g/mol. The van der Waals surface area contributed by atoms with Crippen LogP contribution in [0.2, 0.25) is 0 Å². The molecule has 1 heterocycles. The molecule has 0 aromatic carbocycles. The highest BCUT2D eigenvalue weighted by atomic mass is 16.5. The summed E-state index contributed by atoms with van der Waals surface area (Å²) in [5.74, 6) is 5.69. The van der Waals surface area contributed by atoms with Crippen molar-refractivity contribution in [1.82, 2.24) is 9.88 Å². The van der Waals surface area contributed by atoms with Crippen molar-refractivity contribution in [3.63, 3.8) is 0 Å². The summed E-state index contributed by atoms with van der Waals surface area (Å²) in [5, 5.41) is 0. The first-order valence-corrected chi connectivity index (χ1v) is 6.42. The van der Waals surface area contributed by atoms with Gasteiger partial charge in [-0.05, 0) is 18.6 Å². The molecule has 1 aromatic rings. The van der Waals surface area contributed by atoms with Gasteiger partial charge in [-0.25, -0.2) is 10.8 Å². The summed E-state index contributed by atoms with van der Waals surface area (Å²) in [5.41, 5.74) is 2.95. The molecular weight excluding hydrogens is 260 g/mol. The third-order valence-electron chi connectivity index (χ3n) is 2.79. The summed E-state index contributed by atoms with van der Waals surface area (Å²) in [6.07, 6.45) is 2.29. The number of hydrogen-bond acceptors (Lipinski definition) is 6. The number of methoxy groups -OCH3 is 2. The minimum absolute atomic E-state index is 0.0748. The molecule has 20 heavy (non-hydrogen) atoms. The van der Waals surface area contributed by atoms with E-state index in [2.05, 4.69) is 10.4 Å². The summed E-state index contributed by atoms with van der Waals surface area (Å²) < 4.78 is 10.0. The summed E-state index contributed by atoms with van der Waals surface area (Å²) in [6, 6.07) is 3.36. The van der Waals surface area contributed by atoms with E-state index in [0.717, 1.165) is 6.42 Å². The molecule has 7 heteroatoms. The summed E-state index contributed by atoms with van der Waals surface area (Å²) in [7, 11) is 3.25. The van der Waals surface area contributed by atoms with E-state index in [-0.39, 0.29) is 5.91 Å². The standard InChI is InChI=1S/C13H22N4O3/c1-19-8-3-6-17(7-9-20-2)13(18)11-4-5-12(16-14)15-10-11/h4-5,10H,3,6-9,14H2,1-2H3,(H,15,16). The van der Waals surface area contributed by atoms with E-state index in [1.165, 1.54) is 6.20 Å². The van der Waals surface area contributed by atoms with Gasteiger partial charge >= 0.3 is 0 Å². The quantitative estimate of drug-likeness (QED) is 0.389. The van der Waals surface area contributed by atoms with Crippen molar-refractivity contribution in [1.29, 1.82) is 0 Å². The number of nitrogens with one attached hydrogen (secondary N) is 1. The fourth-order valence-corrected chi connectivity index (χ4v) is 1.70. The van der Waals surface area contributed by atoms with Gasteiger partial charge in [0.05, 0.1) is 12.2 Å². The van der Waals surface area contributed by atoms with Gasteiger partial charge in [-0.3, -0.25) is 4.79 Å². The summed E-state index contributed by atoms with van der Waals surface area (Å²) in [6.45, 7) is 2.27. The number of pyridine rings is 1. The molecule has 0 bridgehead atoms. The molecule has 0 atom stereocenters. The van der Waals surface area contributed by atoms with Crippen molar-refractivity contribution in [2.45, 2.75) is 6.42 Å². The predicted molar refractivity (Wildman–Crippen MR) is 76.3 cm³/mol. The van der Waals surface area contributed by atoms with Gasteiger partial charge in [0.25, 0.3) is 5.91 Å². The number of nitrogens with two attached hydrogens (primary N) is 1. The molecule has 0 saturated heterocycles. The maximum absolute atomic E-state index is 12.4. The number of amides is 1. The highest BCUT2D eigenvalue weighted by Crippen LogP contribution is 2.08. The lowest BCUT2D eigenvalue weighted by atomic mass is 10.2. The Labute approximate surface area is 119 Å². The van der Waals surface area contributed by atoms with Crippen molar-refractivity contribution in [3.05, 3.63) is 23.9 Å². The van der Waals surface area contributed by atoms with Crippen LogP contribution in [-0.2, 0) is 9.47 Å². The minimum atomic E-state index is -0.0748. The molecule has 0 fully saturated rings. The van der Waals surface area contributed by atoms with Crippen molar-refractivity contribution < 1.29 is 14.3 Å². The number of ether oxygens (including phenoxy) is 2. The predicted octanol–water partition coefficient (Wildman–Crippen LogP) is 0.492. The van der Waals surface area contributed by atoms with Gasteiger partial charge in [0.15, 0.2) is 0 Å². The third kappa shape index (κ3) is 5.12. The molecule has 3 N–H and O–H groups in total. The SMILES string of the molecule is COCCCN(CCOC)C(=O)c1ccc(NN)nc1. The number of hydrazine groups is 1. The van der Waals surface area contributed by atoms with Crippen LogP contribution in [0.3, 0.4) is 0 Å². The first kappa shape index (κ1) is 16.4. The summed E-state index contributed by atoms with van der Waals surface area (Å²) in [4.78, 5) is 18.2. The topological polar surface area (TPSA) is 89.7 Å². The zero-order valence-corrected chi connectivity index (χ0v) is 12.0. The fraction of sp³-hybridized carbons (Fsp3) is 0.538. The van der Waals surface area contributed by atoms with Crippen LogP contribution < -0.4 is 11.3 Å². The van der Waals surface area contributed by atoms with E-state index < -0.39 is 0 Å². The average molecular weight is 282 g/mol. The average Bonchev–Trinajstić information content (AvgIpc) is 2.50. The molecule has 0 aliphatic rings. The van der Waals surface area contributed by atoms with Gasteiger partial charge in [0.1, 0.15) is 5.82 Å². The molecule has 0 unspecified atom stereocenters. The van der Waals surface area contributed by atoms with E-state index >= 15 is 0 Å². The van der Waals surface area contributed by atoms with Crippen molar-refractivity contribution in [3.8, 4) is 0 Å². The molecule has 0 spiro atoms. The number of nitrogen functional groups attached to an aromatic ring is 1. The smallest absolute Gasteiger partial charge is 0.255 e. The number of anilines is 1. The number of rotatable bonds is 9. The molecule has 1 rings (SSSR count). The largest absolute Gasteiger partial charge is 0.385 e. The second-order valence-corrected chi connectivity index (χ2v) is 4.21. The molecule has 7 nitrogen and oxygen atoms in total. The minimum Gasteiger partial charge on any atom is -0.385 e. The normalized spacial score (nSPS) is 10.3. The number of aromatic nitrogens is 1. The molecule has 112 valence electrons. The Bertz CT molecular complexity index is 397. The van der Waals surface area contributed by atoms with Gasteiger partial charge in [-0.2, -0.15) is 0 Å². The van der Waals surface area contributed by atoms with Crippen LogP contribution in [0.15, 0.2) is 18.3 Å². The van der Waals surface area contributed by atoms with Gasteiger partial charge in [0.2, 0.25) is 0 Å². The molecule has 0 aliphatic heterocycles. The first-order valence-electron chi connectivity index (χ1n) is 6.42. The first-order chi connectivity index (χ1) is 9.72. The van der Waals surface area contributed by atoms with Crippen molar-refractivity contribution in [2.24, 2.45) is 5.84 Å². The van der Waals surface area contributed by atoms with Crippen LogP contribution in [0.1, 0.15) is 16.8 Å². The molecule has 0 saturated carbocycles. The third-order valence-corrected chi connectivity index (χ3v) is 2.79. The maximum atomic E-state index is 12.4. The molecule has 1 aromatic heterocycles. The van der Waals surface area contributed by atoms with Crippen molar-refractivity contribution >= 4 is 11.7 Å². The number of carbonyl (C=O) groups is 1. The summed E-state index contributed by atoms with van der Waals surface area (Å²) >= 11 is 0. The van der Waals surface area contributed by atoms with E-state index in [0.29, 0.717) is 37.7 Å². The fourth-order valence-electron chi connectivity index (χ4n) is 1.70. The Morgan fingerprint density at radius 2 is 2.05 bits per heavy atom. The zero-order valence-electron chi connectivity index (χ0n) is 12.0. The van der Waals surface area contributed by atoms with Crippen LogP contribution in [0.4, 0.5) is 5.82 Å². The van der Waals surface area contributed by atoms with Gasteiger partial charge in [-0.15, -0.1) is 0 Å². The number of carbonyl (C=O) groups excluding carboxylic acids is 1. The number of nitrogens with zero attached hydrogens (tertiary/aromatic N) is 2. The van der Waals surface area contributed by atoms with E-state index in [9.17, 15) is 4.79 Å². The Kier molecular flexibility index (Phi) is 7.56. The highest BCUT2D eigenvalue weighted by Gasteiger charge is 2.15. The second-order valence-electron chi connectivity index (χ2n) is 4.21. The van der Waals surface area contributed by atoms with E-state index in [1.54, 1.807) is 31.3 Å². The molecule has 1 amide bonds. The molecule has 0 aliphatic carbocycles. The zero-order chi connectivity index (χ0) is 14.8. The van der Waals surface area contributed by atoms with E-state index in [1.807, 2.05) is 0 Å². The van der Waals surface area contributed by atoms with Gasteiger partial charge < -0.3 is 19.8 Å². The van der Waals surface area contributed by atoms with Crippen LogP contribution >= 0.6 is 0 Å². The number of hydrogen-bond donors (Lipinski definition) is 2. The van der Waals surface area contributed by atoms with Gasteiger partial charge in [-0.1, -0.05) is 0 Å². The second kappa shape index (κ2) is 9.24. The molecule has 0 radical (unpaired) electrons. The van der Waals surface area contributed by atoms with Crippen molar-refractivity contribution in [2.75, 3.05) is 45.9 Å². The Morgan fingerprint density at radius 3 is 2.60 bits per heavy atom. The highest BCUT2D eigenvalue weighted by molar-refractivity contribution is 5.94. The van der Waals surface area contributed by atoms with Crippen LogP contribution in [0.5, 0.6) is 0 Å². The lowest BCUT2D eigenvalue weighted by Crippen LogP contribution is -2.35. The Balaban J connectivity index is 2.68. The maximum Gasteiger partial charge on any atom is 0.255 e. The van der Waals surface area contributed by atoms with Gasteiger partial charge in [0, 0.05) is 40.1 Å².